The predicted molar refractivity (Wildman–Crippen MR) is 169 cm³/mol. The van der Waals surface area contributed by atoms with E-state index in [0.717, 1.165) is 27.9 Å². The molecule has 0 fully saturated rings. The summed E-state index contributed by atoms with van der Waals surface area (Å²) in [6.45, 7) is 0. The molecule has 3 aromatic heterocycles. The van der Waals surface area contributed by atoms with Crippen LogP contribution in [0.15, 0.2) is 127 Å². The molecule has 0 radical (unpaired) electrons. The summed E-state index contributed by atoms with van der Waals surface area (Å²) in [7, 11) is 0. The minimum absolute atomic E-state index is 0.861. The van der Waals surface area contributed by atoms with Crippen molar-refractivity contribution in [2.24, 2.45) is 0 Å². The van der Waals surface area contributed by atoms with Gasteiger partial charge in [0.05, 0.1) is 5.52 Å². The maximum absolute atomic E-state index is 4.81. The number of pyridine rings is 1. The van der Waals surface area contributed by atoms with Crippen LogP contribution >= 0.6 is 11.3 Å². The molecule has 3 heterocycles. The molecule has 3 nitrogen and oxygen atoms in total. The van der Waals surface area contributed by atoms with Crippen LogP contribution in [-0.2, 0) is 0 Å². The topological polar surface area (TPSA) is 30.2 Å². The highest BCUT2D eigenvalue weighted by molar-refractivity contribution is 7.26. The van der Waals surface area contributed by atoms with Gasteiger partial charge in [-0.2, -0.15) is 0 Å². The van der Waals surface area contributed by atoms with Gasteiger partial charge >= 0.3 is 0 Å². The van der Waals surface area contributed by atoms with Crippen molar-refractivity contribution in [3.63, 3.8) is 0 Å². The number of rotatable bonds is 2. The first kappa shape index (κ1) is 21.8. The molecule has 0 aliphatic carbocycles. The van der Waals surface area contributed by atoms with Gasteiger partial charge < -0.3 is 0 Å². The molecule has 9 rings (SSSR count). The zero-order chi connectivity index (χ0) is 26.2. The third-order valence-corrected chi connectivity index (χ3v) is 9.35. The van der Waals surface area contributed by atoms with E-state index in [1.807, 2.05) is 11.3 Å². The summed E-state index contributed by atoms with van der Waals surface area (Å²) in [5.41, 5.74) is 5.58. The molecule has 0 spiro atoms. The van der Waals surface area contributed by atoms with E-state index in [4.69, 9.17) is 10.2 Å². The fourth-order valence-electron chi connectivity index (χ4n) is 6.36. The highest BCUT2D eigenvalue weighted by atomic mass is 32.1. The van der Waals surface area contributed by atoms with Gasteiger partial charge in [0.15, 0.2) is 11.5 Å². The van der Waals surface area contributed by atoms with Gasteiger partial charge in [-0.15, -0.1) is 21.5 Å². The Bertz CT molecular complexity index is 2450. The van der Waals surface area contributed by atoms with Crippen molar-refractivity contribution >= 4 is 69.6 Å². The minimum atomic E-state index is 0.861. The molecule has 0 aliphatic heterocycles. The Labute approximate surface area is 233 Å². The van der Waals surface area contributed by atoms with Crippen molar-refractivity contribution in [2.75, 3.05) is 0 Å². The van der Waals surface area contributed by atoms with Crippen molar-refractivity contribution in [2.45, 2.75) is 0 Å². The van der Waals surface area contributed by atoms with Crippen LogP contribution in [0.1, 0.15) is 0 Å². The number of thiophene rings is 1. The lowest BCUT2D eigenvalue weighted by atomic mass is 9.94. The number of benzene rings is 6. The Morgan fingerprint density at radius 3 is 1.90 bits per heavy atom. The largest absolute Gasteiger partial charge is 0.274 e. The van der Waals surface area contributed by atoms with E-state index in [-0.39, 0.29) is 0 Å². The van der Waals surface area contributed by atoms with Crippen molar-refractivity contribution in [3.8, 4) is 22.5 Å². The summed E-state index contributed by atoms with van der Waals surface area (Å²) in [6.07, 6.45) is 0. The van der Waals surface area contributed by atoms with Gasteiger partial charge in [-0.05, 0) is 39.9 Å². The van der Waals surface area contributed by atoms with Crippen molar-refractivity contribution < 1.29 is 0 Å². The van der Waals surface area contributed by atoms with E-state index < -0.39 is 0 Å². The number of aromatic nitrogens is 3. The average molecular weight is 528 g/mol. The molecular formula is C36H21N3S. The van der Waals surface area contributed by atoms with E-state index in [1.165, 1.54) is 52.8 Å². The van der Waals surface area contributed by atoms with Gasteiger partial charge in [-0.3, -0.25) is 4.40 Å². The Balaban J connectivity index is 1.36. The SMILES string of the molecule is c1ccc2c(c1)sc1c(-c3ccc(-c4nnc5c6ccccc6c6ccccc6n45)c4ccccc34)cccc12. The third-order valence-electron chi connectivity index (χ3n) is 8.13. The van der Waals surface area contributed by atoms with Crippen molar-refractivity contribution in [3.05, 3.63) is 127 Å². The first-order valence-electron chi connectivity index (χ1n) is 13.4. The van der Waals surface area contributed by atoms with E-state index in [1.54, 1.807) is 0 Å². The highest BCUT2D eigenvalue weighted by Gasteiger charge is 2.19. The standard InChI is InChI=1S/C36H21N3S/c1-2-11-23-22(10-1)25(28-16-9-17-29-27-14-6-8-19-33(27)40-34(28)29)20-21-31(23)36-38-37-35-30-15-4-3-12-24(30)26-13-5-7-18-32(26)39(35)36/h1-21H. The van der Waals surface area contributed by atoms with Crippen LogP contribution in [0.4, 0.5) is 0 Å². The molecule has 40 heavy (non-hydrogen) atoms. The molecule has 0 saturated heterocycles. The van der Waals surface area contributed by atoms with Gasteiger partial charge in [0.1, 0.15) is 0 Å². The summed E-state index contributed by atoms with van der Waals surface area (Å²) >= 11 is 1.87. The minimum Gasteiger partial charge on any atom is -0.274 e. The summed E-state index contributed by atoms with van der Waals surface area (Å²) in [5.74, 6) is 0.861. The molecule has 0 bridgehead atoms. The van der Waals surface area contributed by atoms with Gasteiger partial charge in [-0.1, -0.05) is 109 Å². The summed E-state index contributed by atoms with van der Waals surface area (Å²) in [5, 5.41) is 18.1. The second kappa shape index (κ2) is 8.22. The Hall–Kier alpha value is -5.06. The third kappa shape index (κ3) is 2.94. The van der Waals surface area contributed by atoms with E-state index in [0.29, 0.717) is 0 Å². The second-order valence-corrected chi connectivity index (χ2v) is 11.3. The second-order valence-electron chi connectivity index (χ2n) is 10.2. The number of para-hydroxylation sites is 1. The molecule has 0 amide bonds. The van der Waals surface area contributed by atoms with Gasteiger partial charge in [0, 0.05) is 42.1 Å². The van der Waals surface area contributed by atoms with Crippen molar-refractivity contribution in [1.29, 1.82) is 0 Å². The molecule has 0 unspecified atom stereocenters. The molecule has 4 heteroatoms. The van der Waals surface area contributed by atoms with Crippen LogP contribution in [0.2, 0.25) is 0 Å². The lowest BCUT2D eigenvalue weighted by Crippen LogP contribution is -1.95. The van der Waals surface area contributed by atoms with Crippen molar-refractivity contribution in [1.82, 2.24) is 14.6 Å². The lowest BCUT2D eigenvalue weighted by molar-refractivity contribution is 1.12. The average Bonchev–Trinajstić information content (AvgIpc) is 3.63. The lowest BCUT2D eigenvalue weighted by Gasteiger charge is -2.13. The summed E-state index contributed by atoms with van der Waals surface area (Å²) in [6, 6.07) is 45.6. The van der Waals surface area contributed by atoms with Crippen LogP contribution in [0.25, 0.3) is 80.8 Å². The zero-order valence-electron chi connectivity index (χ0n) is 21.4. The van der Waals surface area contributed by atoms with Crippen LogP contribution < -0.4 is 0 Å². The zero-order valence-corrected chi connectivity index (χ0v) is 22.2. The Morgan fingerprint density at radius 2 is 1.05 bits per heavy atom. The number of nitrogens with zero attached hydrogens (tertiary/aromatic N) is 3. The van der Waals surface area contributed by atoms with E-state index in [2.05, 4.69) is 132 Å². The summed E-state index contributed by atoms with van der Waals surface area (Å²) in [4.78, 5) is 0. The maximum atomic E-state index is 4.81. The highest BCUT2D eigenvalue weighted by Crippen LogP contribution is 2.43. The van der Waals surface area contributed by atoms with Gasteiger partial charge in [0.25, 0.3) is 0 Å². The molecule has 0 saturated carbocycles. The molecule has 6 aromatic carbocycles. The summed E-state index contributed by atoms with van der Waals surface area (Å²) < 4.78 is 4.87. The predicted octanol–water partition coefficient (Wildman–Crippen LogP) is 9.89. The van der Waals surface area contributed by atoms with Gasteiger partial charge in [0.2, 0.25) is 0 Å². The van der Waals surface area contributed by atoms with E-state index in [9.17, 15) is 0 Å². The van der Waals surface area contributed by atoms with Crippen LogP contribution in [-0.4, -0.2) is 14.6 Å². The van der Waals surface area contributed by atoms with Crippen LogP contribution in [0.5, 0.6) is 0 Å². The Kier molecular flexibility index (Phi) is 4.48. The molecule has 9 aromatic rings. The number of hydrogen-bond donors (Lipinski definition) is 0. The fraction of sp³-hybridized carbons (Fsp3) is 0. The normalized spacial score (nSPS) is 12.0. The first-order chi connectivity index (χ1) is 19.9. The molecular weight excluding hydrogens is 506 g/mol. The van der Waals surface area contributed by atoms with E-state index >= 15 is 0 Å². The molecule has 0 N–H and O–H groups in total. The molecule has 0 aliphatic rings. The monoisotopic (exact) mass is 527 g/mol. The smallest absolute Gasteiger partial charge is 0.169 e. The number of fused-ring (bicyclic) bond motifs is 10. The van der Waals surface area contributed by atoms with Crippen LogP contribution in [0, 0.1) is 0 Å². The first-order valence-corrected chi connectivity index (χ1v) is 14.3. The quantitative estimate of drug-likeness (QED) is 0.209. The molecule has 0 atom stereocenters. The van der Waals surface area contributed by atoms with Gasteiger partial charge in [-0.25, -0.2) is 0 Å². The Morgan fingerprint density at radius 1 is 0.425 bits per heavy atom. The van der Waals surface area contributed by atoms with Crippen LogP contribution in [0.3, 0.4) is 0 Å². The maximum Gasteiger partial charge on any atom is 0.169 e. The number of hydrogen-bond acceptors (Lipinski definition) is 3. The fourth-order valence-corrected chi connectivity index (χ4v) is 7.59. The molecule has 186 valence electrons.